The van der Waals surface area contributed by atoms with E-state index in [1.54, 1.807) is 12.3 Å². The quantitative estimate of drug-likeness (QED) is 0.813. The van der Waals surface area contributed by atoms with Gasteiger partial charge in [-0.05, 0) is 46.3 Å². The monoisotopic (exact) mass is 304 g/mol. The first-order valence-electron chi connectivity index (χ1n) is 5.56. The van der Waals surface area contributed by atoms with Crippen LogP contribution in [0.25, 0.3) is 0 Å². The van der Waals surface area contributed by atoms with E-state index in [0.29, 0.717) is 5.56 Å². The van der Waals surface area contributed by atoms with Gasteiger partial charge in [-0.2, -0.15) is 0 Å². The third kappa shape index (κ3) is 2.96. The number of halogens is 1. The zero-order valence-corrected chi connectivity index (χ0v) is 11.6. The van der Waals surface area contributed by atoms with Gasteiger partial charge in [0.05, 0.1) is 12.2 Å². The SMILES string of the molecule is CN(Cc1ccccn1)c1ccc(C=O)c(Br)c1. The molecule has 0 spiro atoms. The van der Waals surface area contributed by atoms with Crippen molar-refractivity contribution in [2.45, 2.75) is 6.54 Å². The Morgan fingerprint density at radius 3 is 2.78 bits per heavy atom. The van der Waals surface area contributed by atoms with E-state index in [0.717, 1.165) is 28.7 Å². The molecule has 0 aliphatic heterocycles. The maximum absolute atomic E-state index is 10.7. The Labute approximate surface area is 115 Å². The average molecular weight is 305 g/mol. The van der Waals surface area contributed by atoms with Gasteiger partial charge < -0.3 is 4.90 Å². The van der Waals surface area contributed by atoms with Crippen LogP contribution in [0.15, 0.2) is 47.1 Å². The summed E-state index contributed by atoms with van der Waals surface area (Å²) in [5.74, 6) is 0. The number of hydrogen-bond acceptors (Lipinski definition) is 3. The molecule has 0 unspecified atom stereocenters. The number of nitrogens with zero attached hydrogens (tertiary/aromatic N) is 2. The molecule has 18 heavy (non-hydrogen) atoms. The van der Waals surface area contributed by atoms with Crippen LogP contribution in [-0.4, -0.2) is 18.3 Å². The third-order valence-electron chi connectivity index (χ3n) is 2.68. The minimum atomic E-state index is 0.657. The highest BCUT2D eigenvalue weighted by molar-refractivity contribution is 9.10. The van der Waals surface area contributed by atoms with E-state index in [4.69, 9.17) is 0 Å². The molecule has 1 aromatic carbocycles. The van der Waals surface area contributed by atoms with Crippen molar-refractivity contribution in [3.05, 3.63) is 58.3 Å². The Hall–Kier alpha value is -1.68. The number of benzene rings is 1. The highest BCUT2D eigenvalue weighted by Gasteiger charge is 2.05. The van der Waals surface area contributed by atoms with Gasteiger partial charge in [-0.1, -0.05) is 6.07 Å². The molecule has 0 aliphatic carbocycles. The van der Waals surface area contributed by atoms with E-state index in [2.05, 4.69) is 25.8 Å². The summed E-state index contributed by atoms with van der Waals surface area (Å²) in [6.45, 7) is 0.730. The van der Waals surface area contributed by atoms with Crippen LogP contribution >= 0.6 is 15.9 Å². The largest absolute Gasteiger partial charge is 0.369 e. The van der Waals surface area contributed by atoms with Crippen LogP contribution in [0.2, 0.25) is 0 Å². The molecule has 0 saturated carbocycles. The second-order valence-electron chi connectivity index (χ2n) is 4.00. The molecule has 4 heteroatoms. The lowest BCUT2D eigenvalue weighted by atomic mass is 10.2. The topological polar surface area (TPSA) is 33.2 Å². The molecule has 0 saturated heterocycles. The lowest BCUT2D eigenvalue weighted by molar-refractivity contribution is 0.112. The zero-order valence-electron chi connectivity index (χ0n) is 10.0. The van der Waals surface area contributed by atoms with Crippen LogP contribution in [0, 0.1) is 0 Å². The van der Waals surface area contributed by atoms with Gasteiger partial charge in [0.15, 0.2) is 6.29 Å². The standard InChI is InChI=1S/C14H13BrN2O/c1-17(9-12-4-2-3-7-16-12)13-6-5-11(10-18)14(15)8-13/h2-8,10H,9H2,1H3. The molecule has 0 fully saturated rings. The number of carbonyl (C=O) groups excluding carboxylic acids is 1. The minimum Gasteiger partial charge on any atom is -0.369 e. The number of rotatable bonds is 4. The van der Waals surface area contributed by atoms with Crippen LogP contribution in [-0.2, 0) is 6.54 Å². The normalized spacial score (nSPS) is 10.1. The average Bonchev–Trinajstić information content (AvgIpc) is 2.39. The fourth-order valence-electron chi connectivity index (χ4n) is 1.67. The van der Waals surface area contributed by atoms with E-state index in [9.17, 15) is 4.79 Å². The van der Waals surface area contributed by atoms with Gasteiger partial charge in [-0.3, -0.25) is 9.78 Å². The second kappa shape index (κ2) is 5.78. The number of hydrogen-bond donors (Lipinski definition) is 0. The zero-order chi connectivity index (χ0) is 13.0. The van der Waals surface area contributed by atoms with Crippen molar-refractivity contribution in [1.82, 2.24) is 4.98 Å². The van der Waals surface area contributed by atoms with Gasteiger partial charge in [0, 0.05) is 29.0 Å². The lowest BCUT2D eigenvalue weighted by Crippen LogP contribution is -2.17. The van der Waals surface area contributed by atoms with Crippen molar-refractivity contribution in [2.24, 2.45) is 0 Å². The molecule has 1 heterocycles. The Kier molecular flexibility index (Phi) is 4.10. The van der Waals surface area contributed by atoms with E-state index < -0.39 is 0 Å². The molecule has 0 bridgehead atoms. The van der Waals surface area contributed by atoms with E-state index >= 15 is 0 Å². The van der Waals surface area contributed by atoms with Crippen LogP contribution in [0.4, 0.5) is 5.69 Å². The summed E-state index contributed by atoms with van der Waals surface area (Å²) >= 11 is 3.39. The van der Waals surface area contributed by atoms with Crippen molar-refractivity contribution in [3.8, 4) is 0 Å². The first kappa shape index (κ1) is 12.8. The molecule has 0 atom stereocenters. The molecule has 3 nitrogen and oxygen atoms in total. The van der Waals surface area contributed by atoms with Crippen LogP contribution in [0.1, 0.15) is 16.1 Å². The van der Waals surface area contributed by atoms with Crippen molar-refractivity contribution in [1.29, 1.82) is 0 Å². The second-order valence-corrected chi connectivity index (χ2v) is 4.86. The first-order chi connectivity index (χ1) is 8.70. The smallest absolute Gasteiger partial charge is 0.151 e. The third-order valence-corrected chi connectivity index (χ3v) is 3.36. The van der Waals surface area contributed by atoms with Crippen molar-refractivity contribution in [3.63, 3.8) is 0 Å². The molecule has 2 rings (SSSR count). The van der Waals surface area contributed by atoms with Gasteiger partial charge in [0.25, 0.3) is 0 Å². The van der Waals surface area contributed by atoms with E-state index in [1.165, 1.54) is 0 Å². The van der Waals surface area contributed by atoms with Gasteiger partial charge in [0.1, 0.15) is 0 Å². The number of carbonyl (C=O) groups is 1. The maximum atomic E-state index is 10.7. The molecule has 0 aliphatic rings. The lowest BCUT2D eigenvalue weighted by Gasteiger charge is -2.19. The number of aromatic nitrogens is 1. The van der Waals surface area contributed by atoms with Crippen molar-refractivity contribution >= 4 is 27.9 Å². The Balaban J connectivity index is 2.16. The first-order valence-corrected chi connectivity index (χ1v) is 6.36. The summed E-state index contributed by atoms with van der Waals surface area (Å²) < 4.78 is 0.808. The van der Waals surface area contributed by atoms with Crippen molar-refractivity contribution < 1.29 is 4.79 Å². The maximum Gasteiger partial charge on any atom is 0.151 e. The van der Waals surface area contributed by atoms with E-state index in [1.807, 2.05) is 37.4 Å². The van der Waals surface area contributed by atoms with Gasteiger partial charge in [0.2, 0.25) is 0 Å². The summed E-state index contributed by atoms with van der Waals surface area (Å²) in [5.41, 5.74) is 2.71. The molecule has 92 valence electrons. The predicted octanol–water partition coefficient (Wildman–Crippen LogP) is 3.29. The molecule has 2 aromatic rings. The fourth-order valence-corrected chi connectivity index (χ4v) is 2.14. The number of pyridine rings is 1. The number of anilines is 1. The highest BCUT2D eigenvalue weighted by atomic mass is 79.9. The Morgan fingerprint density at radius 1 is 1.33 bits per heavy atom. The summed E-state index contributed by atoms with van der Waals surface area (Å²) in [6.07, 6.45) is 2.63. The van der Waals surface area contributed by atoms with Gasteiger partial charge >= 0.3 is 0 Å². The molecule has 1 aromatic heterocycles. The Bertz CT molecular complexity index is 543. The fraction of sp³-hybridized carbons (Fsp3) is 0.143. The molecule has 0 N–H and O–H groups in total. The van der Waals surface area contributed by atoms with E-state index in [-0.39, 0.29) is 0 Å². The summed E-state index contributed by atoms with van der Waals surface area (Å²) in [6, 6.07) is 11.5. The van der Waals surface area contributed by atoms with Gasteiger partial charge in [-0.25, -0.2) is 0 Å². The van der Waals surface area contributed by atoms with Crippen LogP contribution in [0.3, 0.4) is 0 Å². The molecular formula is C14H13BrN2O. The van der Waals surface area contributed by atoms with Crippen LogP contribution < -0.4 is 4.90 Å². The molecule has 0 amide bonds. The summed E-state index contributed by atoms with van der Waals surface area (Å²) in [7, 11) is 2.00. The number of aldehydes is 1. The van der Waals surface area contributed by atoms with Crippen molar-refractivity contribution in [2.75, 3.05) is 11.9 Å². The predicted molar refractivity (Wildman–Crippen MR) is 75.9 cm³/mol. The summed E-state index contributed by atoms with van der Waals surface area (Å²) in [5, 5.41) is 0. The minimum absolute atomic E-state index is 0.657. The molecule has 0 radical (unpaired) electrons. The summed E-state index contributed by atoms with van der Waals surface area (Å²) in [4.78, 5) is 17.1. The van der Waals surface area contributed by atoms with Gasteiger partial charge in [-0.15, -0.1) is 0 Å². The highest BCUT2D eigenvalue weighted by Crippen LogP contribution is 2.23. The van der Waals surface area contributed by atoms with Crippen LogP contribution in [0.5, 0.6) is 0 Å². The Morgan fingerprint density at radius 2 is 2.17 bits per heavy atom. The molecular weight excluding hydrogens is 292 g/mol.